The van der Waals surface area contributed by atoms with Crippen molar-refractivity contribution in [3.8, 4) is 11.1 Å². The number of benzene rings is 3. The molecule has 0 aromatic heterocycles. The van der Waals surface area contributed by atoms with E-state index in [1.807, 2.05) is 78.9 Å². The average molecular weight is 365 g/mol. The first-order chi connectivity index (χ1) is 12.7. The fourth-order valence-electron chi connectivity index (χ4n) is 3.79. The Morgan fingerprint density at radius 3 is 1.69 bits per heavy atom. The van der Waals surface area contributed by atoms with Crippen LogP contribution in [0.4, 0.5) is 5.69 Å². The minimum Gasteiger partial charge on any atom is -0.362 e. The van der Waals surface area contributed by atoms with Crippen LogP contribution in [0.25, 0.3) is 11.1 Å². The molecule has 1 N–H and O–H groups in total. The van der Waals surface area contributed by atoms with Crippen molar-refractivity contribution in [1.82, 2.24) is 0 Å². The molecule has 132 valence electrons. The van der Waals surface area contributed by atoms with Gasteiger partial charge in [0, 0.05) is 31.0 Å². The third kappa shape index (κ3) is 2.27. The first-order valence-corrected chi connectivity index (χ1v) is 9.95. The van der Waals surface area contributed by atoms with Crippen molar-refractivity contribution in [2.75, 3.05) is 19.5 Å². The lowest BCUT2D eigenvalue weighted by molar-refractivity contribution is 0.258. The van der Waals surface area contributed by atoms with E-state index in [4.69, 9.17) is 9.05 Å². The normalized spacial score (nSPS) is 14.5. The van der Waals surface area contributed by atoms with E-state index in [1.54, 1.807) is 0 Å². The predicted molar refractivity (Wildman–Crippen MR) is 104 cm³/mol. The first-order valence-electron chi connectivity index (χ1n) is 8.40. The monoisotopic (exact) mass is 365 g/mol. The number of anilines is 1. The molecular formula is C21H20NO3P. The van der Waals surface area contributed by atoms with E-state index < -0.39 is 12.9 Å². The molecule has 0 amide bonds. The fraction of sp³-hybridized carbons (Fsp3) is 0.143. The molecule has 3 aromatic carbocycles. The molecule has 1 aliphatic carbocycles. The van der Waals surface area contributed by atoms with Crippen LogP contribution < -0.4 is 5.32 Å². The predicted octanol–water partition coefficient (Wildman–Crippen LogP) is 5.47. The van der Waals surface area contributed by atoms with Crippen molar-refractivity contribution in [3.05, 3.63) is 90.0 Å². The summed E-state index contributed by atoms with van der Waals surface area (Å²) < 4.78 is 25.0. The van der Waals surface area contributed by atoms with Crippen molar-refractivity contribution in [2.24, 2.45) is 0 Å². The molecule has 0 unspecified atom stereocenters. The Balaban J connectivity index is 2.07. The number of rotatable bonds is 5. The Labute approximate surface area is 153 Å². The lowest BCUT2D eigenvalue weighted by Crippen LogP contribution is -2.35. The molecule has 1 aliphatic rings. The van der Waals surface area contributed by atoms with E-state index in [-0.39, 0.29) is 0 Å². The minimum atomic E-state index is -3.60. The minimum absolute atomic E-state index is 0.841. The Morgan fingerprint density at radius 2 is 1.19 bits per heavy atom. The van der Waals surface area contributed by atoms with Gasteiger partial charge in [0.15, 0.2) is 5.28 Å². The number of para-hydroxylation sites is 1. The van der Waals surface area contributed by atoms with E-state index in [9.17, 15) is 4.57 Å². The standard InChI is InChI=1S/C21H20NO3P/c1-24-26(23,25-2)21(22-16-10-4-3-5-11-16)19-14-8-6-12-17(19)18-13-7-9-15-20(18)21/h3-15,22H,1-2H3. The summed E-state index contributed by atoms with van der Waals surface area (Å²) in [6.07, 6.45) is 0. The van der Waals surface area contributed by atoms with Crippen LogP contribution in [0.15, 0.2) is 78.9 Å². The summed E-state index contributed by atoms with van der Waals surface area (Å²) in [5.74, 6) is 0. The zero-order valence-corrected chi connectivity index (χ0v) is 15.6. The topological polar surface area (TPSA) is 47.6 Å². The molecule has 0 aliphatic heterocycles. The second kappa shape index (κ2) is 6.40. The van der Waals surface area contributed by atoms with Gasteiger partial charge < -0.3 is 14.4 Å². The average Bonchev–Trinajstić information content (AvgIpc) is 3.00. The van der Waals surface area contributed by atoms with Crippen LogP contribution in [0.2, 0.25) is 0 Å². The number of fused-ring (bicyclic) bond motifs is 3. The maximum atomic E-state index is 13.9. The lowest BCUT2D eigenvalue weighted by Gasteiger charge is -2.38. The van der Waals surface area contributed by atoms with Gasteiger partial charge in [0.25, 0.3) is 0 Å². The van der Waals surface area contributed by atoms with Gasteiger partial charge in [0.1, 0.15) is 0 Å². The zero-order chi connectivity index (χ0) is 18.2. The number of hydrogen-bond acceptors (Lipinski definition) is 4. The first kappa shape index (κ1) is 17.0. The Morgan fingerprint density at radius 1 is 0.731 bits per heavy atom. The summed E-state index contributed by atoms with van der Waals surface area (Å²) >= 11 is 0. The highest BCUT2D eigenvalue weighted by Crippen LogP contribution is 2.71. The molecule has 0 heterocycles. The van der Waals surface area contributed by atoms with E-state index in [2.05, 4.69) is 5.32 Å². The third-order valence-electron chi connectivity index (χ3n) is 4.91. The van der Waals surface area contributed by atoms with Crippen LogP contribution in [0.3, 0.4) is 0 Å². The number of nitrogens with one attached hydrogen (secondary N) is 1. The maximum absolute atomic E-state index is 13.9. The van der Waals surface area contributed by atoms with E-state index in [1.165, 1.54) is 14.2 Å². The van der Waals surface area contributed by atoms with E-state index >= 15 is 0 Å². The van der Waals surface area contributed by atoms with Crippen molar-refractivity contribution in [2.45, 2.75) is 5.28 Å². The summed E-state index contributed by atoms with van der Waals surface area (Å²) in [6.45, 7) is 0. The summed E-state index contributed by atoms with van der Waals surface area (Å²) in [5, 5.41) is 2.38. The van der Waals surface area contributed by atoms with E-state index in [0.717, 1.165) is 27.9 Å². The third-order valence-corrected chi connectivity index (χ3v) is 7.29. The Bertz CT molecular complexity index is 934. The molecular weight excluding hydrogens is 345 g/mol. The highest BCUT2D eigenvalue weighted by atomic mass is 31.2. The molecule has 0 saturated heterocycles. The van der Waals surface area contributed by atoms with Gasteiger partial charge in [-0.25, -0.2) is 0 Å². The quantitative estimate of drug-likeness (QED) is 0.610. The molecule has 0 bridgehead atoms. The summed E-state index contributed by atoms with van der Waals surface area (Å²) in [5.41, 5.74) is 4.67. The second-order valence-corrected chi connectivity index (χ2v) is 8.55. The van der Waals surface area contributed by atoms with Crippen LogP contribution in [0.1, 0.15) is 11.1 Å². The maximum Gasteiger partial charge on any atom is 0.364 e. The molecule has 0 radical (unpaired) electrons. The summed E-state index contributed by atoms with van der Waals surface area (Å²) in [7, 11) is -0.735. The zero-order valence-electron chi connectivity index (χ0n) is 14.7. The van der Waals surface area contributed by atoms with Gasteiger partial charge in [-0.05, 0) is 23.3 Å². The lowest BCUT2D eigenvalue weighted by atomic mass is 10.0. The van der Waals surface area contributed by atoms with Crippen LogP contribution in [0, 0.1) is 0 Å². The van der Waals surface area contributed by atoms with Gasteiger partial charge in [-0.1, -0.05) is 66.7 Å². The van der Waals surface area contributed by atoms with Crippen LogP contribution in [-0.2, 0) is 18.9 Å². The largest absolute Gasteiger partial charge is 0.364 e. The van der Waals surface area contributed by atoms with Crippen molar-refractivity contribution >= 4 is 13.3 Å². The smallest absolute Gasteiger partial charge is 0.362 e. The highest BCUT2D eigenvalue weighted by Gasteiger charge is 2.58. The SMILES string of the molecule is COP(=O)(OC)C1(Nc2ccccc2)c2ccccc2-c2ccccc21. The summed E-state index contributed by atoms with van der Waals surface area (Å²) in [4.78, 5) is 0. The van der Waals surface area contributed by atoms with Crippen LogP contribution in [-0.4, -0.2) is 14.2 Å². The number of hydrogen-bond donors (Lipinski definition) is 1. The Hall–Kier alpha value is -2.39. The molecule has 0 spiro atoms. The van der Waals surface area contributed by atoms with E-state index in [0.29, 0.717) is 0 Å². The Kier molecular flexibility index (Phi) is 4.20. The van der Waals surface area contributed by atoms with Crippen LogP contribution in [0.5, 0.6) is 0 Å². The van der Waals surface area contributed by atoms with Crippen molar-refractivity contribution in [1.29, 1.82) is 0 Å². The molecule has 3 aromatic rings. The molecule has 4 rings (SSSR count). The molecule has 4 nitrogen and oxygen atoms in total. The fourth-order valence-corrected chi connectivity index (χ4v) is 5.73. The molecule has 26 heavy (non-hydrogen) atoms. The van der Waals surface area contributed by atoms with Gasteiger partial charge >= 0.3 is 7.60 Å². The van der Waals surface area contributed by atoms with Crippen molar-refractivity contribution < 1.29 is 13.6 Å². The van der Waals surface area contributed by atoms with Gasteiger partial charge in [0.2, 0.25) is 0 Å². The van der Waals surface area contributed by atoms with Gasteiger partial charge in [-0.3, -0.25) is 4.57 Å². The molecule has 0 saturated carbocycles. The molecule has 0 fully saturated rings. The van der Waals surface area contributed by atoms with Gasteiger partial charge in [-0.15, -0.1) is 0 Å². The second-order valence-electron chi connectivity index (χ2n) is 6.16. The summed E-state index contributed by atoms with van der Waals surface area (Å²) in [6, 6.07) is 25.6. The molecule has 5 heteroatoms. The van der Waals surface area contributed by atoms with Gasteiger partial charge in [-0.2, -0.15) is 0 Å². The van der Waals surface area contributed by atoms with Crippen molar-refractivity contribution in [3.63, 3.8) is 0 Å². The highest BCUT2D eigenvalue weighted by molar-refractivity contribution is 7.55. The van der Waals surface area contributed by atoms with Crippen LogP contribution >= 0.6 is 7.60 Å². The molecule has 0 atom stereocenters. The van der Waals surface area contributed by atoms with Gasteiger partial charge in [0.05, 0.1) is 0 Å².